The minimum Gasteiger partial charge on any atom is -0.487 e. The lowest BCUT2D eigenvalue weighted by Gasteiger charge is -2.60. The van der Waals surface area contributed by atoms with Crippen molar-refractivity contribution < 1.29 is 9.53 Å². The van der Waals surface area contributed by atoms with Gasteiger partial charge in [-0.05, 0) is 66.9 Å². The van der Waals surface area contributed by atoms with Crippen molar-refractivity contribution in [2.45, 2.75) is 85.2 Å². The van der Waals surface area contributed by atoms with Crippen LogP contribution in [0.25, 0.3) is 0 Å². The fourth-order valence-electron chi connectivity index (χ4n) is 6.49. The van der Waals surface area contributed by atoms with E-state index in [-0.39, 0.29) is 11.0 Å². The molecule has 0 aromatic rings. The quantitative estimate of drug-likeness (QED) is 0.580. The first-order valence-corrected chi connectivity index (χ1v) is 9.84. The largest absolute Gasteiger partial charge is 0.487 e. The van der Waals surface area contributed by atoms with E-state index < -0.39 is 0 Å². The number of carbonyl (C=O) groups excluding carboxylic acids is 1. The molecule has 0 aromatic carbocycles. The zero-order valence-corrected chi connectivity index (χ0v) is 16.0. The Hall–Kier alpha value is -1.05. The first kappa shape index (κ1) is 16.4. The molecule has 0 bridgehead atoms. The summed E-state index contributed by atoms with van der Waals surface area (Å²) in [7, 11) is 0. The summed E-state index contributed by atoms with van der Waals surface area (Å²) in [6, 6.07) is 0. The van der Waals surface area contributed by atoms with E-state index in [0.717, 1.165) is 24.2 Å². The molecule has 0 amide bonds. The lowest BCUT2D eigenvalue weighted by molar-refractivity contribution is -0.118. The number of fused-ring (bicyclic) bond motifs is 3. The molecule has 4 rings (SSSR count). The molecule has 2 heteroatoms. The normalized spacial score (nSPS) is 44.0. The zero-order chi connectivity index (χ0) is 17.3. The molecular weight excluding hydrogens is 296 g/mol. The molecule has 1 unspecified atom stereocenters. The lowest BCUT2D eigenvalue weighted by Crippen LogP contribution is -2.54. The van der Waals surface area contributed by atoms with Crippen molar-refractivity contribution >= 4 is 5.78 Å². The van der Waals surface area contributed by atoms with Crippen molar-refractivity contribution in [2.24, 2.45) is 22.7 Å². The van der Waals surface area contributed by atoms with E-state index in [1.807, 2.05) is 0 Å². The summed E-state index contributed by atoms with van der Waals surface area (Å²) in [5.74, 6) is 2.37. The second-order valence-corrected chi connectivity index (χ2v) is 10.0. The van der Waals surface area contributed by atoms with Crippen molar-refractivity contribution in [3.63, 3.8) is 0 Å². The number of ketones is 1. The highest BCUT2D eigenvalue weighted by Crippen LogP contribution is 2.64. The zero-order valence-electron chi connectivity index (χ0n) is 16.0. The van der Waals surface area contributed by atoms with E-state index in [2.05, 4.69) is 40.7 Å². The Bertz CT molecular complexity index is 653. The van der Waals surface area contributed by atoms with Gasteiger partial charge in [0.25, 0.3) is 0 Å². The van der Waals surface area contributed by atoms with Gasteiger partial charge in [-0.1, -0.05) is 34.1 Å². The van der Waals surface area contributed by atoms with Crippen LogP contribution in [-0.4, -0.2) is 11.4 Å². The number of hydrogen-bond donors (Lipinski definition) is 0. The molecule has 2 nitrogen and oxygen atoms in total. The Morgan fingerprint density at radius 2 is 1.83 bits per heavy atom. The first-order valence-electron chi connectivity index (χ1n) is 9.84. The Balaban J connectivity index is 1.83. The highest BCUT2D eigenvalue weighted by Gasteiger charge is 2.57. The van der Waals surface area contributed by atoms with E-state index in [0.29, 0.717) is 29.5 Å². The molecule has 2 fully saturated rings. The van der Waals surface area contributed by atoms with Crippen LogP contribution in [0.3, 0.4) is 0 Å². The number of carbonyl (C=O) groups is 1. The van der Waals surface area contributed by atoms with Crippen LogP contribution in [0.2, 0.25) is 0 Å². The summed E-state index contributed by atoms with van der Waals surface area (Å²) in [5.41, 5.74) is 2.67. The molecule has 4 atom stereocenters. The Labute approximate surface area is 146 Å². The molecule has 1 aliphatic heterocycles. The molecule has 132 valence electrons. The summed E-state index contributed by atoms with van der Waals surface area (Å²) in [6.45, 7) is 11.8. The van der Waals surface area contributed by atoms with Crippen molar-refractivity contribution in [1.29, 1.82) is 0 Å². The monoisotopic (exact) mass is 328 g/mol. The van der Waals surface area contributed by atoms with Crippen molar-refractivity contribution in [3.8, 4) is 0 Å². The Morgan fingerprint density at radius 3 is 2.58 bits per heavy atom. The third-order valence-electron chi connectivity index (χ3n) is 7.63. The fourth-order valence-corrected chi connectivity index (χ4v) is 6.49. The van der Waals surface area contributed by atoms with Gasteiger partial charge < -0.3 is 4.74 Å². The second-order valence-electron chi connectivity index (χ2n) is 10.0. The topological polar surface area (TPSA) is 26.3 Å². The van der Waals surface area contributed by atoms with Crippen LogP contribution in [0.1, 0.15) is 79.6 Å². The van der Waals surface area contributed by atoms with E-state index in [9.17, 15) is 4.79 Å². The summed E-state index contributed by atoms with van der Waals surface area (Å²) >= 11 is 0. The standard InChI is InChI=1S/C22H32O2/c1-14-11-16(23)15-13-19-21(4)9-6-8-20(2,3)18(21)7-10-22(19,5)24-17(15)12-14/h13-14,18H,6-12H2,1-5H3/t14?,18-,21-,22+/m0/s1. The molecular formula is C22H32O2. The molecule has 24 heavy (non-hydrogen) atoms. The van der Waals surface area contributed by atoms with Gasteiger partial charge in [-0.2, -0.15) is 0 Å². The van der Waals surface area contributed by atoms with Crippen LogP contribution >= 0.6 is 0 Å². The Morgan fingerprint density at radius 1 is 1.08 bits per heavy atom. The van der Waals surface area contributed by atoms with Gasteiger partial charge >= 0.3 is 0 Å². The number of Topliss-reactive ketones (excluding diaryl/α,β-unsaturated/α-hetero) is 1. The molecule has 0 radical (unpaired) electrons. The predicted molar refractivity (Wildman–Crippen MR) is 96.5 cm³/mol. The average Bonchev–Trinajstić information content (AvgIpc) is 2.44. The Kier molecular flexibility index (Phi) is 3.41. The minimum absolute atomic E-state index is 0.177. The minimum atomic E-state index is -0.200. The highest BCUT2D eigenvalue weighted by atomic mass is 16.5. The maximum absolute atomic E-state index is 12.6. The molecule has 2 saturated carbocycles. The van der Waals surface area contributed by atoms with Crippen LogP contribution in [0.4, 0.5) is 0 Å². The summed E-state index contributed by atoms with van der Waals surface area (Å²) < 4.78 is 6.60. The first-order chi connectivity index (χ1) is 11.2. The SMILES string of the molecule is CC1CC(=O)C2=C(C1)O[C@]1(C)CC[C@H]3C(C)(C)CCC[C@]3(C)C1=C2. The van der Waals surface area contributed by atoms with Gasteiger partial charge in [0.1, 0.15) is 11.4 Å². The van der Waals surface area contributed by atoms with Crippen LogP contribution in [0, 0.1) is 22.7 Å². The van der Waals surface area contributed by atoms with Crippen molar-refractivity contribution in [2.75, 3.05) is 0 Å². The van der Waals surface area contributed by atoms with Gasteiger partial charge in [0.05, 0.1) is 5.57 Å². The highest BCUT2D eigenvalue weighted by molar-refractivity contribution is 6.00. The molecule has 0 aromatic heterocycles. The average molecular weight is 328 g/mol. The van der Waals surface area contributed by atoms with E-state index in [1.54, 1.807) is 0 Å². The number of allylic oxidation sites excluding steroid dienone is 3. The molecule has 0 saturated heterocycles. The van der Waals surface area contributed by atoms with Crippen LogP contribution in [-0.2, 0) is 9.53 Å². The van der Waals surface area contributed by atoms with Gasteiger partial charge in [0, 0.05) is 12.8 Å². The predicted octanol–water partition coefficient (Wildman–Crippen LogP) is 5.58. The number of rotatable bonds is 0. The fraction of sp³-hybridized carbons (Fsp3) is 0.773. The van der Waals surface area contributed by atoms with Crippen LogP contribution in [0.15, 0.2) is 23.0 Å². The van der Waals surface area contributed by atoms with E-state index >= 15 is 0 Å². The van der Waals surface area contributed by atoms with Gasteiger partial charge in [-0.15, -0.1) is 0 Å². The second kappa shape index (κ2) is 4.99. The molecule has 1 heterocycles. The van der Waals surface area contributed by atoms with E-state index in [1.165, 1.54) is 31.3 Å². The van der Waals surface area contributed by atoms with Crippen molar-refractivity contribution in [3.05, 3.63) is 23.0 Å². The van der Waals surface area contributed by atoms with Gasteiger partial charge in [-0.25, -0.2) is 0 Å². The van der Waals surface area contributed by atoms with Crippen LogP contribution < -0.4 is 0 Å². The van der Waals surface area contributed by atoms with Crippen LogP contribution in [0.5, 0.6) is 0 Å². The van der Waals surface area contributed by atoms with Gasteiger partial charge in [-0.3, -0.25) is 4.79 Å². The van der Waals surface area contributed by atoms with Gasteiger partial charge in [0.15, 0.2) is 5.78 Å². The van der Waals surface area contributed by atoms with Gasteiger partial charge in [0.2, 0.25) is 0 Å². The number of hydrogen-bond acceptors (Lipinski definition) is 2. The van der Waals surface area contributed by atoms with E-state index in [4.69, 9.17) is 4.74 Å². The summed E-state index contributed by atoms with van der Waals surface area (Å²) in [4.78, 5) is 12.6. The maximum Gasteiger partial charge on any atom is 0.166 e. The maximum atomic E-state index is 12.6. The molecule has 4 aliphatic rings. The third kappa shape index (κ3) is 2.17. The van der Waals surface area contributed by atoms with Crippen molar-refractivity contribution in [1.82, 2.24) is 0 Å². The molecule has 3 aliphatic carbocycles. The summed E-state index contributed by atoms with van der Waals surface area (Å²) in [5, 5.41) is 0. The molecule has 0 N–H and O–H groups in total. The smallest absolute Gasteiger partial charge is 0.166 e. The lowest BCUT2D eigenvalue weighted by atomic mass is 9.47. The molecule has 0 spiro atoms. The third-order valence-corrected chi connectivity index (χ3v) is 7.63. The number of ether oxygens (including phenoxy) is 1. The summed E-state index contributed by atoms with van der Waals surface area (Å²) in [6.07, 6.45) is 10.0.